The van der Waals surface area contributed by atoms with Crippen molar-refractivity contribution < 1.29 is 18.1 Å². The molecule has 0 bridgehead atoms. The van der Waals surface area contributed by atoms with Crippen molar-refractivity contribution >= 4 is 22.6 Å². The molecule has 1 aliphatic rings. The molecule has 0 radical (unpaired) electrons. The van der Waals surface area contributed by atoms with Crippen molar-refractivity contribution in [3.05, 3.63) is 83.6 Å². The van der Waals surface area contributed by atoms with Crippen molar-refractivity contribution in [3.8, 4) is 11.6 Å². The first kappa shape index (κ1) is 21.8. The molecule has 0 spiro atoms. The Morgan fingerprint density at radius 2 is 2.00 bits per heavy atom. The first-order valence-electron chi connectivity index (χ1n) is 11.1. The average Bonchev–Trinajstić information content (AvgIpc) is 3.45. The summed E-state index contributed by atoms with van der Waals surface area (Å²) in [5.74, 6) is -0.474. The van der Waals surface area contributed by atoms with Crippen LogP contribution in [0, 0.1) is 11.6 Å². The summed E-state index contributed by atoms with van der Waals surface area (Å²) < 4.78 is 34.9. The minimum atomic E-state index is -0.475. The number of pyridine rings is 2. The van der Waals surface area contributed by atoms with E-state index >= 15 is 0 Å². The maximum Gasteiger partial charge on any atom is 0.276 e. The van der Waals surface area contributed by atoms with Crippen molar-refractivity contribution in [2.24, 2.45) is 0 Å². The van der Waals surface area contributed by atoms with Crippen LogP contribution >= 0.6 is 0 Å². The largest absolute Gasteiger partial charge is 0.384 e. The monoisotopic (exact) mass is 488 g/mol. The maximum absolute atomic E-state index is 14.9. The number of carbonyl (C=O) groups excluding carboxylic acids is 1. The zero-order valence-corrected chi connectivity index (χ0v) is 18.7. The summed E-state index contributed by atoms with van der Waals surface area (Å²) in [5, 5.41) is 9.02. The fourth-order valence-electron chi connectivity index (χ4n) is 4.26. The molecule has 1 aromatic carbocycles. The number of fused-ring (bicyclic) bond motifs is 1. The zero-order chi connectivity index (χ0) is 24.8. The van der Waals surface area contributed by atoms with Gasteiger partial charge in [0.15, 0.2) is 5.82 Å². The lowest BCUT2D eigenvalue weighted by molar-refractivity contribution is 0.0599. The van der Waals surface area contributed by atoms with Crippen LogP contribution in [0.1, 0.15) is 27.8 Å². The molecule has 1 amide bonds. The lowest BCUT2D eigenvalue weighted by Gasteiger charge is -2.38. The van der Waals surface area contributed by atoms with E-state index in [1.807, 2.05) is 0 Å². The van der Waals surface area contributed by atoms with E-state index in [1.54, 1.807) is 27.8 Å². The molecule has 5 heterocycles. The molecule has 1 aliphatic heterocycles. The first-order chi connectivity index (χ1) is 17.5. The predicted molar refractivity (Wildman–Crippen MR) is 124 cm³/mol. The van der Waals surface area contributed by atoms with Gasteiger partial charge < -0.3 is 15.2 Å². The number of amides is 1. The molecule has 10 nitrogen and oxygen atoms in total. The van der Waals surface area contributed by atoms with Crippen LogP contribution in [0.25, 0.3) is 22.5 Å². The van der Waals surface area contributed by atoms with Crippen molar-refractivity contribution in [1.82, 2.24) is 34.8 Å². The normalized spacial score (nSPS) is 13.8. The molecule has 2 N–H and O–H groups in total. The van der Waals surface area contributed by atoms with Crippen molar-refractivity contribution in [3.63, 3.8) is 0 Å². The molecule has 6 rings (SSSR count). The zero-order valence-electron chi connectivity index (χ0n) is 18.7. The molecule has 1 saturated heterocycles. The third kappa shape index (κ3) is 3.82. The number of likely N-dealkylation sites (tertiary alicyclic amines) is 1. The number of halogens is 2. The number of anilines is 1. The van der Waals surface area contributed by atoms with Crippen LogP contribution in [0.3, 0.4) is 0 Å². The van der Waals surface area contributed by atoms with E-state index < -0.39 is 11.6 Å². The van der Waals surface area contributed by atoms with E-state index in [9.17, 15) is 13.6 Å². The third-order valence-corrected chi connectivity index (χ3v) is 6.04. The van der Waals surface area contributed by atoms with Gasteiger partial charge in [-0.1, -0.05) is 11.2 Å². The average molecular weight is 488 g/mol. The highest BCUT2D eigenvalue weighted by Crippen LogP contribution is 2.34. The van der Waals surface area contributed by atoms with Crippen LogP contribution in [0.5, 0.6) is 0 Å². The highest BCUT2D eigenvalue weighted by molar-refractivity contribution is 5.95. The van der Waals surface area contributed by atoms with Crippen molar-refractivity contribution in [2.45, 2.75) is 12.5 Å². The van der Waals surface area contributed by atoms with E-state index in [1.165, 1.54) is 30.5 Å². The van der Waals surface area contributed by atoms with Crippen LogP contribution < -0.4 is 5.73 Å². The molecule has 0 unspecified atom stereocenters. The molecule has 5 aromatic rings. The number of aromatic nitrogens is 6. The SMILES string of the molecule is Nc1cc(C(=O)N2CC(c3nn(Cc4noc(-c5ccc(F)cn5)n4)c4cccc(F)c34)C2)ccn1. The highest BCUT2D eigenvalue weighted by Gasteiger charge is 2.36. The third-order valence-electron chi connectivity index (χ3n) is 6.04. The summed E-state index contributed by atoms with van der Waals surface area (Å²) in [6.45, 7) is 0.907. The molecule has 36 heavy (non-hydrogen) atoms. The molecule has 180 valence electrons. The number of benzene rings is 1. The van der Waals surface area contributed by atoms with Crippen molar-refractivity contribution in [2.75, 3.05) is 18.8 Å². The van der Waals surface area contributed by atoms with Gasteiger partial charge >= 0.3 is 0 Å². The van der Waals surface area contributed by atoms with E-state index in [0.29, 0.717) is 46.8 Å². The lowest BCUT2D eigenvalue weighted by Crippen LogP contribution is -2.48. The van der Waals surface area contributed by atoms with E-state index in [0.717, 1.165) is 6.20 Å². The lowest BCUT2D eigenvalue weighted by atomic mass is 9.93. The Bertz CT molecular complexity index is 1590. The Kier molecular flexibility index (Phi) is 5.13. The second-order valence-corrected chi connectivity index (χ2v) is 8.43. The van der Waals surface area contributed by atoms with Gasteiger partial charge in [0.05, 0.1) is 22.8 Å². The summed E-state index contributed by atoms with van der Waals surface area (Å²) >= 11 is 0. The van der Waals surface area contributed by atoms with Gasteiger partial charge in [0, 0.05) is 30.8 Å². The smallest absolute Gasteiger partial charge is 0.276 e. The molecular formula is C24H18F2N8O2. The van der Waals surface area contributed by atoms with Gasteiger partial charge in [0.2, 0.25) is 0 Å². The Morgan fingerprint density at radius 3 is 2.78 bits per heavy atom. The molecule has 12 heteroatoms. The number of rotatable bonds is 5. The van der Waals surface area contributed by atoms with Crippen LogP contribution in [0.15, 0.2) is 59.4 Å². The summed E-state index contributed by atoms with van der Waals surface area (Å²) in [5.41, 5.74) is 7.61. The summed E-state index contributed by atoms with van der Waals surface area (Å²) in [6, 6.07) is 10.6. The van der Waals surface area contributed by atoms with Gasteiger partial charge in [-0.15, -0.1) is 0 Å². The summed E-state index contributed by atoms with van der Waals surface area (Å²) in [7, 11) is 0. The van der Waals surface area contributed by atoms with Gasteiger partial charge in [0.25, 0.3) is 11.8 Å². The van der Waals surface area contributed by atoms with Gasteiger partial charge in [-0.25, -0.2) is 18.7 Å². The first-order valence-corrected chi connectivity index (χ1v) is 11.1. The molecular weight excluding hydrogens is 470 g/mol. The van der Waals surface area contributed by atoms with Crippen LogP contribution in [0.4, 0.5) is 14.6 Å². The molecule has 4 aromatic heterocycles. The van der Waals surface area contributed by atoms with E-state index in [4.69, 9.17) is 10.3 Å². The quantitative estimate of drug-likeness (QED) is 0.400. The molecule has 0 aliphatic carbocycles. The highest BCUT2D eigenvalue weighted by atomic mass is 19.1. The number of nitrogens with two attached hydrogens (primary N) is 1. The molecule has 0 atom stereocenters. The maximum atomic E-state index is 14.9. The van der Waals surface area contributed by atoms with Crippen LogP contribution in [-0.2, 0) is 6.54 Å². The number of hydrogen-bond donors (Lipinski definition) is 1. The Morgan fingerprint density at radius 1 is 1.14 bits per heavy atom. The second-order valence-electron chi connectivity index (χ2n) is 8.43. The molecule has 0 saturated carbocycles. The Hall–Kier alpha value is -4.74. The van der Waals surface area contributed by atoms with Gasteiger partial charge in [-0.05, 0) is 36.4 Å². The summed E-state index contributed by atoms with van der Waals surface area (Å²) in [6.07, 6.45) is 2.55. The number of hydrogen-bond acceptors (Lipinski definition) is 8. The minimum absolute atomic E-state index is 0.121. The fraction of sp³-hybridized carbons (Fsp3) is 0.167. The topological polar surface area (TPSA) is 129 Å². The number of carbonyl (C=O) groups is 1. The molecule has 1 fully saturated rings. The van der Waals surface area contributed by atoms with Crippen molar-refractivity contribution in [1.29, 1.82) is 0 Å². The minimum Gasteiger partial charge on any atom is -0.384 e. The Labute approximate surface area is 202 Å². The second kappa shape index (κ2) is 8.48. The Balaban J connectivity index is 1.25. The summed E-state index contributed by atoms with van der Waals surface area (Å²) in [4.78, 5) is 26.6. The number of nitrogen functional groups attached to an aromatic ring is 1. The van der Waals surface area contributed by atoms with E-state index in [-0.39, 0.29) is 30.1 Å². The van der Waals surface area contributed by atoms with Gasteiger partial charge in [-0.3, -0.25) is 9.48 Å². The van der Waals surface area contributed by atoms with Gasteiger partial charge in [0.1, 0.15) is 29.7 Å². The van der Waals surface area contributed by atoms with Crippen LogP contribution in [-0.4, -0.2) is 53.8 Å². The standard InChI is InChI=1S/C24H18F2N8O2/c25-15-4-5-17(29-9-15)23-30-20(32-36-23)12-34-18-3-1-2-16(26)21(18)22(31-34)14-10-33(11-14)24(35)13-6-7-28-19(27)8-13/h1-9,14H,10-12H2,(H2,27,28). The van der Waals surface area contributed by atoms with E-state index in [2.05, 4.69) is 25.2 Å². The predicted octanol–water partition coefficient (Wildman–Crippen LogP) is 3.02. The van der Waals surface area contributed by atoms with Crippen LogP contribution in [0.2, 0.25) is 0 Å². The van der Waals surface area contributed by atoms with Gasteiger partial charge in [-0.2, -0.15) is 10.1 Å². The fourth-order valence-corrected chi connectivity index (χ4v) is 4.26. The number of nitrogens with zero attached hydrogens (tertiary/aromatic N) is 7.